The van der Waals surface area contributed by atoms with E-state index in [1.807, 2.05) is 0 Å². The molecule has 0 saturated carbocycles. The van der Waals surface area contributed by atoms with Crippen LogP contribution < -0.4 is 14.9 Å². The van der Waals surface area contributed by atoms with Gasteiger partial charge in [0.1, 0.15) is 5.75 Å². The minimum Gasteiger partial charge on any atom is -0.483 e. The van der Waals surface area contributed by atoms with Gasteiger partial charge in [0.25, 0.3) is 17.3 Å². The fraction of sp³-hybridized carbons (Fsp3) is 0.0455. The third-order valence-electron chi connectivity index (χ3n) is 4.42. The number of nitrogens with one attached hydrogen (secondary N) is 1. The van der Waals surface area contributed by atoms with Crippen LogP contribution in [-0.4, -0.2) is 34.5 Å². The van der Waals surface area contributed by atoms with Gasteiger partial charge in [-0.3, -0.25) is 25.0 Å². The van der Waals surface area contributed by atoms with Crippen molar-refractivity contribution in [2.45, 2.75) is 0 Å². The maximum atomic E-state index is 12.6. The molecule has 0 bridgehead atoms. The van der Waals surface area contributed by atoms with Crippen molar-refractivity contribution in [3.63, 3.8) is 0 Å². The van der Waals surface area contributed by atoms with Crippen LogP contribution in [0, 0.1) is 20.2 Å². The van der Waals surface area contributed by atoms with Crippen LogP contribution >= 0.6 is 47.8 Å². The number of nitrogens with zero attached hydrogens (tertiary/aromatic N) is 3. The molecule has 0 radical (unpaired) electrons. The number of hydrogen-bond acceptors (Lipinski definition) is 9. The summed E-state index contributed by atoms with van der Waals surface area (Å²) in [6.45, 7) is -0.488. The second kappa shape index (κ2) is 12.5. The van der Waals surface area contributed by atoms with Crippen LogP contribution in [0.4, 0.5) is 11.4 Å². The average Bonchev–Trinajstić information content (AvgIpc) is 2.85. The van der Waals surface area contributed by atoms with Gasteiger partial charge in [-0.25, -0.2) is 10.2 Å². The quantitative estimate of drug-likeness (QED) is 0.100. The highest BCUT2D eigenvalue weighted by atomic mass is 79.9. The Bertz CT molecular complexity index is 1410. The largest absolute Gasteiger partial charge is 0.483 e. The van der Waals surface area contributed by atoms with E-state index in [-0.39, 0.29) is 42.9 Å². The highest BCUT2D eigenvalue weighted by Gasteiger charge is 2.19. The predicted octanol–water partition coefficient (Wildman–Crippen LogP) is 5.54. The van der Waals surface area contributed by atoms with Gasteiger partial charge < -0.3 is 9.47 Å². The molecule has 37 heavy (non-hydrogen) atoms. The van der Waals surface area contributed by atoms with Crippen LogP contribution in [0.2, 0.25) is 0 Å². The van der Waals surface area contributed by atoms with E-state index in [4.69, 9.17) is 9.47 Å². The van der Waals surface area contributed by atoms with E-state index in [1.165, 1.54) is 30.3 Å². The van der Waals surface area contributed by atoms with Crippen molar-refractivity contribution in [1.29, 1.82) is 0 Å². The van der Waals surface area contributed by atoms with Gasteiger partial charge in [-0.1, -0.05) is 15.9 Å². The minimum atomic E-state index is -0.720. The summed E-state index contributed by atoms with van der Waals surface area (Å²) in [6, 6.07) is 12.4. The minimum absolute atomic E-state index is 0.0332. The number of amides is 1. The summed E-state index contributed by atoms with van der Waals surface area (Å²) in [5.41, 5.74) is 1.99. The van der Waals surface area contributed by atoms with Crippen molar-refractivity contribution in [1.82, 2.24) is 5.43 Å². The summed E-state index contributed by atoms with van der Waals surface area (Å²) < 4.78 is 11.9. The third kappa shape index (κ3) is 7.65. The van der Waals surface area contributed by atoms with Crippen molar-refractivity contribution in [2.75, 3.05) is 6.61 Å². The molecule has 0 unspecified atom stereocenters. The van der Waals surface area contributed by atoms with Gasteiger partial charge in [-0.05, 0) is 62.2 Å². The first-order valence-electron chi connectivity index (χ1n) is 9.89. The van der Waals surface area contributed by atoms with Gasteiger partial charge in [0.15, 0.2) is 12.4 Å². The Morgan fingerprint density at radius 2 is 1.57 bits per heavy atom. The number of nitro benzene ring substituents is 2. The molecule has 3 aromatic carbocycles. The number of benzene rings is 3. The number of nitro groups is 2. The Morgan fingerprint density at radius 3 is 2.19 bits per heavy atom. The fourth-order valence-corrected chi connectivity index (χ4v) is 4.01. The molecule has 0 aliphatic rings. The smallest absolute Gasteiger partial charge is 0.343 e. The van der Waals surface area contributed by atoms with E-state index in [2.05, 4.69) is 58.3 Å². The lowest BCUT2D eigenvalue weighted by Gasteiger charge is -2.10. The molecule has 0 heterocycles. The number of carbonyl (C=O) groups excluding carboxylic acids is 2. The number of non-ortho nitro benzene ring substituents is 2. The van der Waals surface area contributed by atoms with Crippen molar-refractivity contribution in [3.8, 4) is 11.5 Å². The van der Waals surface area contributed by atoms with Crippen LogP contribution in [0.5, 0.6) is 11.5 Å². The predicted molar refractivity (Wildman–Crippen MR) is 142 cm³/mol. The summed E-state index contributed by atoms with van der Waals surface area (Å²) in [5, 5.41) is 25.8. The van der Waals surface area contributed by atoms with Crippen molar-refractivity contribution in [3.05, 3.63) is 99.4 Å². The number of carbonyl (C=O) groups is 2. The molecule has 3 rings (SSSR count). The summed E-state index contributed by atoms with van der Waals surface area (Å²) in [5.74, 6) is -1.28. The van der Waals surface area contributed by atoms with Crippen LogP contribution in [0.25, 0.3) is 0 Å². The van der Waals surface area contributed by atoms with E-state index < -0.39 is 28.3 Å². The Kier molecular flexibility index (Phi) is 9.43. The SMILES string of the molecule is O=C(COc1ccc([N+](=O)[O-])cc1Br)N/N=C/c1cc([N+](=O)[O-])cc(Br)c1OC(=O)c1ccc(Br)cc1. The lowest BCUT2D eigenvalue weighted by atomic mass is 10.2. The normalized spacial score (nSPS) is 10.7. The zero-order valence-corrected chi connectivity index (χ0v) is 23.0. The fourth-order valence-electron chi connectivity index (χ4n) is 2.72. The van der Waals surface area contributed by atoms with Gasteiger partial charge in [-0.2, -0.15) is 5.10 Å². The highest BCUT2D eigenvalue weighted by Crippen LogP contribution is 2.34. The van der Waals surface area contributed by atoms with Crippen LogP contribution in [-0.2, 0) is 4.79 Å². The molecule has 1 amide bonds. The molecule has 3 aromatic rings. The van der Waals surface area contributed by atoms with Gasteiger partial charge in [-0.15, -0.1) is 0 Å². The molecular formula is C22H13Br3N4O8. The zero-order valence-electron chi connectivity index (χ0n) is 18.2. The molecule has 0 aromatic heterocycles. The van der Waals surface area contributed by atoms with Crippen LogP contribution in [0.3, 0.4) is 0 Å². The van der Waals surface area contributed by atoms with E-state index in [0.717, 1.165) is 22.8 Å². The number of ether oxygens (including phenoxy) is 2. The Labute approximate surface area is 233 Å². The van der Waals surface area contributed by atoms with Crippen molar-refractivity contribution >= 4 is 77.3 Å². The number of halogens is 3. The van der Waals surface area contributed by atoms with Gasteiger partial charge in [0, 0.05) is 34.3 Å². The van der Waals surface area contributed by atoms with E-state index in [9.17, 15) is 29.8 Å². The monoisotopic (exact) mass is 698 g/mol. The second-order valence-corrected chi connectivity index (χ2v) is 9.58. The molecule has 0 aliphatic heterocycles. The molecular weight excluding hydrogens is 688 g/mol. The molecule has 0 spiro atoms. The zero-order chi connectivity index (χ0) is 27.1. The molecule has 0 saturated heterocycles. The number of esters is 1. The number of rotatable bonds is 9. The van der Waals surface area contributed by atoms with E-state index in [0.29, 0.717) is 0 Å². The maximum Gasteiger partial charge on any atom is 0.343 e. The topological polar surface area (TPSA) is 163 Å². The lowest BCUT2D eigenvalue weighted by molar-refractivity contribution is -0.385. The summed E-state index contributed by atoms with van der Waals surface area (Å²) in [7, 11) is 0. The van der Waals surface area contributed by atoms with Crippen LogP contribution in [0.15, 0.2) is 73.1 Å². The second-order valence-electron chi connectivity index (χ2n) is 6.95. The molecule has 15 heteroatoms. The van der Waals surface area contributed by atoms with E-state index >= 15 is 0 Å². The molecule has 0 atom stereocenters. The number of hydrogen-bond donors (Lipinski definition) is 1. The summed E-state index contributed by atoms with van der Waals surface area (Å²) >= 11 is 9.57. The first-order valence-corrected chi connectivity index (χ1v) is 12.3. The summed E-state index contributed by atoms with van der Waals surface area (Å²) in [6.07, 6.45) is 1.07. The Hall–Kier alpha value is -3.69. The Balaban J connectivity index is 1.73. The molecule has 1 N–H and O–H groups in total. The van der Waals surface area contributed by atoms with Gasteiger partial charge in [0.2, 0.25) is 0 Å². The average molecular weight is 701 g/mol. The van der Waals surface area contributed by atoms with E-state index in [1.54, 1.807) is 12.1 Å². The highest BCUT2D eigenvalue weighted by molar-refractivity contribution is 9.11. The van der Waals surface area contributed by atoms with Crippen LogP contribution in [0.1, 0.15) is 15.9 Å². The molecule has 0 fully saturated rings. The van der Waals surface area contributed by atoms with Crippen molar-refractivity contribution in [2.24, 2.45) is 5.10 Å². The first-order chi connectivity index (χ1) is 17.5. The lowest BCUT2D eigenvalue weighted by Crippen LogP contribution is -2.24. The van der Waals surface area contributed by atoms with Crippen molar-refractivity contribution < 1.29 is 28.9 Å². The molecule has 190 valence electrons. The van der Waals surface area contributed by atoms with Gasteiger partial charge in [0.05, 0.1) is 30.6 Å². The third-order valence-corrected chi connectivity index (χ3v) is 6.16. The Morgan fingerprint density at radius 1 is 0.919 bits per heavy atom. The first kappa shape index (κ1) is 27.9. The molecule has 0 aliphatic carbocycles. The molecule has 12 nitrogen and oxygen atoms in total. The standard InChI is InChI=1S/C22H13Br3N4O8/c23-14-3-1-12(2-4-14)22(31)37-21-13(7-16(29(34)35)9-18(21)25)10-26-27-20(30)11-36-19-6-5-15(28(32)33)8-17(19)24/h1-10H,11H2,(H,27,30)/b26-10+. The van der Waals surface area contributed by atoms with Gasteiger partial charge >= 0.3 is 5.97 Å². The summed E-state index contributed by atoms with van der Waals surface area (Å²) in [4.78, 5) is 45.6. The number of hydrazone groups is 1. The maximum absolute atomic E-state index is 12.6.